The summed E-state index contributed by atoms with van der Waals surface area (Å²) in [7, 11) is 3.03. The molecule has 0 atom stereocenters. The zero-order valence-corrected chi connectivity index (χ0v) is 13.7. The van der Waals surface area contributed by atoms with Gasteiger partial charge in [-0.3, -0.25) is 4.79 Å². The zero-order chi connectivity index (χ0) is 18.4. The van der Waals surface area contributed by atoms with E-state index < -0.39 is 29.0 Å². The Morgan fingerprint density at radius 3 is 2.40 bits per heavy atom. The Morgan fingerprint density at radius 2 is 1.72 bits per heavy atom. The van der Waals surface area contributed by atoms with Gasteiger partial charge in [0.1, 0.15) is 0 Å². The molecule has 0 bridgehead atoms. The number of carbonyl (C=O) groups excluding carboxylic acids is 1. The van der Waals surface area contributed by atoms with Crippen molar-refractivity contribution < 1.29 is 27.4 Å². The maximum absolute atomic E-state index is 13.5. The Balaban J connectivity index is 1.90. The minimum Gasteiger partial charge on any atom is -0.493 e. The van der Waals surface area contributed by atoms with E-state index in [1.54, 1.807) is 18.2 Å². The third-order valence-corrected chi connectivity index (χ3v) is 3.37. The Hall–Kier alpha value is -2.90. The van der Waals surface area contributed by atoms with Crippen LogP contribution in [0.3, 0.4) is 0 Å². The van der Waals surface area contributed by atoms with Crippen LogP contribution in [0.15, 0.2) is 30.3 Å². The summed E-state index contributed by atoms with van der Waals surface area (Å²) in [6.07, 6.45) is -0.00716. The van der Waals surface area contributed by atoms with Gasteiger partial charge in [0.05, 0.1) is 19.9 Å². The lowest BCUT2D eigenvalue weighted by atomic mass is 10.2. The maximum Gasteiger partial charge on any atom is 0.226 e. The number of hydrogen-bond acceptors (Lipinski definition) is 4. The molecule has 2 rings (SSSR count). The molecule has 8 heteroatoms. The molecular weight excluding hydrogens is 337 g/mol. The summed E-state index contributed by atoms with van der Waals surface area (Å²) in [5.41, 5.74) is 0.291. The largest absolute Gasteiger partial charge is 0.493 e. The van der Waals surface area contributed by atoms with Gasteiger partial charge in [0.2, 0.25) is 5.91 Å². The van der Waals surface area contributed by atoms with Gasteiger partial charge >= 0.3 is 0 Å². The molecule has 25 heavy (non-hydrogen) atoms. The molecule has 0 aliphatic rings. The van der Waals surface area contributed by atoms with E-state index in [0.717, 1.165) is 12.1 Å². The second kappa shape index (κ2) is 8.27. The van der Waals surface area contributed by atoms with Gasteiger partial charge in [-0.1, -0.05) is 0 Å². The zero-order valence-electron chi connectivity index (χ0n) is 13.7. The first-order chi connectivity index (χ1) is 12.0. The highest BCUT2D eigenvalue weighted by atomic mass is 19.2. The lowest BCUT2D eigenvalue weighted by Gasteiger charge is -2.11. The van der Waals surface area contributed by atoms with E-state index in [4.69, 9.17) is 9.47 Å². The van der Waals surface area contributed by atoms with Crippen LogP contribution in [0.25, 0.3) is 0 Å². The lowest BCUT2D eigenvalue weighted by Crippen LogP contribution is -2.17. The fourth-order valence-electron chi connectivity index (χ4n) is 2.10. The van der Waals surface area contributed by atoms with Crippen molar-refractivity contribution in [1.82, 2.24) is 0 Å². The number of hydrogen-bond donors (Lipinski definition) is 2. The van der Waals surface area contributed by atoms with Crippen molar-refractivity contribution >= 4 is 17.3 Å². The molecule has 2 aromatic carbocycles. The summed E-state index contributed by atoms with van der Waals surface area (Å²) in [6, 6.07) is 6.86. The highest BCUT2D eigenvalue weighted by molar-refractivity contribution is 5.91. The Bertz CT molecular complexity index is 769. The smallest absolute Gasteiger partial charge is 0.226 e. The number of carbonyl (C=O) groups is 1. The van der Waals surface area contributed by atoms with E-state index in [0.29, 0.717) is 17.2 Å². The van der Waals surface area contributed by atoms with Crippen LogP contribution in [0, 0.1) is 17.5 Å². The molecule has 0 aliphatic carbocycles. The molecule has 0 saturated carbocycles. The molecule has 0 unspecified atom stereocenters. The summed E-state index contributed by atoms with van der Waals surface area (Å²) in [6.45, 7) is 0.243. The molecule has 5 nitrogen and oxygen atoms in total. The van der Waals surface area contributed by atoms with Crippen LogP contribution < -0.4 is 20.1 Å². The molecule has 0 heterocycles. The standard InChI is InChI=1S/C17H17F3N2O3/c1-24-13-6-3-10(9-14(13)25-2)21-8-7-15(23)22-12-5-4-11(18)16(19)17(12)20/h3-6,9,21H,7-8H2,1-2H3,(H,22,23). The Morgan fingerprint density at radius 1 is 1.00 bits per heavy atom. The first-order valence-corrected chi connectivity index (χ1v) is 7.35. The van der Waals surface area contributed by atoms with Crippen LogP contribution in [-0.4, -0.2) is 26.7 Å². The van der Waals surface area contributed by atoms with E-state index >= 15 is 0 Å². The monoisotopic (exact) mass is 354 g/mol. The third-order valence-electron chi connectivity index (χ3n) is 3.37. The van der Waals surface area contributed by atoms with Gasteiger partial charge < -0.3 is 20.1 Å². The number of methoxy groups -OCH3 is 2. The van der Waals surface area contributed by atoms with Crippen LogP contribution in [0.1, 0.15) is 6.42 Å². The SMILES string of the molecule is COc1ccc(NCCC(=O)Nc2ccc(F)c(F)c2F)cc1OC. The first-order valence-electron chi connectivity index (χ1n) is 7.35. The molecular formula is C17H17F3N2O3. The quantitative estimate of drug-likeness (QED) is 0.747. The van der Waals surface area contributed by atoms with Crippen LogP contribution in [0.2, 0.25) is 0 Å². The van der Waals surface area contributed by atoms with Crippen molar-refractivity contribution in [2.75, 3.05) is 31.4 Å². The minimum absolute atomic E-state index is 0.00716. The fraction of sp³-hybridized carbons (Fsp3) is 0.235. The van der Waals surface area contributed by atoms with E-state index in [1.807, 2.05) is 0 Å². The highest BCUT2D eigenvalue weighted by Gasteiger charge is 2.15. The van der Waals surface area contributed by atoms with Crippen molar-refractivity contribution in [3.63, 3.8) is 0 Å². The average molecular weight is 354 g/mol. The Kier molecular flexibility index (Phi) is 6.10. The molecule has 0 spiro atoms. The van der Waals surface area contributed by atoms with Crippen molar-refractivity contribution in [2.45, 2.75) is 6.42 Å². The van der Waals surface area contributed by atoms with Crippen LogP contribution >= 0.6 is 0 Å². The van der Waals surface area contributed by atoms with Gasteiger partial charge in [-0.15, -0.1) is 0 Å². The summed E-state index contributed by atoms with van der Waals surface area (Å²) in [4.78, 5) is 11.8. The predicted octanol–water partition coefficient (Wildman–Crippen LogP) is 3.56. The van der Waals surface area contributed by atoms with Crippen molar-refractivity contribution in [3.05, 3.63) is 47.8 Å². The maximum atomic E-state index is 13.5. The second-order valence-corrected chi connectivity index (χ2v) is 5.02. The molecule has 0 fully saturated rings. The van der Waals surface area contributed by atoms with Crippen LogP contribution in [0.4, 0.5) is 24.5 Å². The van der Waals surface area contributed by atoms with E-state index in [2.05, 4.69) is 10.6 Å². The van der Waals surface area contributed by atoms with Gasteiger partial charge in [0.15, 0.2) is 29.0 Å². The summed E-state index contributed by atoms with van der Waals surface area (Å²) < 4.78 is 49.7. The van der Waals surface area contributed by atoms with Crippen molar-refractivity contribution in [1.29, 1.82) is 0 Å². The number of amides is 1. The average Bonchev–Trinajstić information content (AvgIpc) is 2.62. The molecule has 134 valence electrons. The normalized spacial score (nSPS) is 10.3. The van der Waals surface area contributed by atoms with E-state index in [9.17, 15) is 18.0 Å². The Labute approximate surface area is 142 Å². The van der Waals surface area contributed by atoms with E-state index in [1.165, 1.54) is 14.2 Å². The van der Waals surface area contributed by atoms with Crippen molar-refractivity contribution in [3.8, 4) is 11.5 Å². The molecule has 0 radical (unpaired) electrons. The summed E-state index contributed by atoms with van der Waals surface area (Å²) in [5.74, 6) is -3.81. The van der Waals surface area contributed by atoms with Gasteiger partial charge in [-0.05, 0) is 24.3 Å². The third kappa shape index (κ3) is 4.56. The van der Waals surface area contributed by atoms with Gasteiger partial charge in [0.25, 0.3) is 0 Å². The van der Waals surface area contributed by atoms with Crippen molar-refractivity contribution in [2.24, 2.45) is 0 Å². The minimum atomic E-state index is -1.62. The predicted molar refractivity (Wildman–Crippen MR) is 87.6 cm³/mol. The molecule has 0 saturated heterocycles. The molecule has 2 N–H and O–H groups in total. The molecule has 2 aromatic rings. The second-order valence-electron chi connectivity index (χ2n) is 5.02. The molecule has 1 amide bonds. The molecule has 0 aromatic heterocycles. The topological polar surface area (TPSA) is 59.6 Å². The fourth-order valence-corrected chi connectivity index (χ4v) is 2.10. The number of halogens is 3. The number of ether oxygens (including phenoxy) is 2. The van der Waals surface area contributed by atoms with Gasteiger partial charge in [-0.25, -0.2) is 13.2 Å². The number of rotatable bonds is 7. The number of benzene rings is 2. The lowest BCUT2D eigenvalue weighted by molar-refractivity contribution is -0.116. The van der Waals surface area contributed by atoms with Gasteiger partial charge in [-0.2, -0.15) is 0 Å². The first kappa shape index (κ1) is 18.4. The summed E-state index contributed by atoms with van der Waals surface area (Å²) in [5, 5.41) is 5.20. The van der Waals surface area contributed by atoms with Gasteiger partial charge in [0, 0.05) is 24.7 Å². The molecule has 0 aliphatic heterocycles. The van der Waals surface area contributed by atoms with E-state index in [-0.39, 0.29) is 13.0 Å². The van der Waals surface area contributed by atoms with Crippen LogP contribution in [0.5, 0.6) is 11.5 Å². The highest BCUT2D eigenvalue weighted by Crippen LogP contribution is 2.29. The number of nitrogens with one attached hydrogen (secondary N) is 2. The summed E-state index contributed by atoms with van der Waals surface area (Å²) >= 11 is 0. The van der Waals surface area contributed by atoms with Crippen LogP contribution in [-0.2, 0) is 4.79 Å². The number of anilines is 2.